The molecule has 0 radical (unpaired) electrons. The van der Waals surface area contributed by atoms with Crippen LogP contribution in [0.4, 0.5) is 0 Å². The topological polar surface area (TPSA) is 24.5 Å². The van der Waals surface area contributed by atoms with Crippen molar-refractivity contribution in [3.63, 3.8) is 0 Å². The summed E-state index contributed by atoms with van der Waals surface area (Å²) in [5.41, 5.74) is 2.80. The van der Waals surface area contributed by atoms with Gasteiger partial charge in [-0.25, -0.2) is 0 Å². The molecule has 1 aliphatic rings. The molecule has 0 bridgehead atoms. The van der Waals surface area contributed by atoms with E-state index in [1.807, 2.05) is 0 Å². The van der Waals surface area contributed by atoms with Crippen molar-refractivity contribution in [3.8, 4) is 5.75 Å². The first kappa shape index (κ1) is 15.3. The van der Waals surface area contributed by atoms with Gasteiger partial charge in [-0.15, -0.1) is 0 Å². The Labute approximate surface area is 123 Å². The summed E-state index contributed by atoms with van der Waals surface area (Å²) in [6.45, 7) is 12.3. The number of hydrogen-bond acceptors (Lipinski definition) is 3. The van der Waals surface area contributed by atoms with Gasteiger partial charge in [0.1, 0.15) is 5.75 Å². The molecule has 3 nitrogen and oxygen atoms in total. The van der Waals surface area contributed by atoms with Gasteiger partial charge in [0.05, 0.1) is 7.11 Å². The first-order valence-corrected chi connectivity index (χ1v) is 7.61. The van der Waals surface area contributed by atoms with E-state index in [1.165, 1.54) is 24.1 Å². The molecule has 0 saturated carbocycles. The van der Waals surface area contributed by atoms with Gasteiger partial charge < -0.3 is 10.1 Å². The Bertz CT molecular complexity index is 429. The van der Waals surface area contributed by atoms with E-state index in [-0.39, 0.29) is 5.41 Å². The summed E-state index contributed by atoms with van der Waals surface area (Å²) in [4.78, 5) is 2.54. The molecular formula is C17H28N2O. The highest BCUT2D eigenvalue weighted by molar-refractivity contribution is 5.41. The van der Waals surface area contributed by atoms with Crippen LogP contribution in [0.5, 0.6) is 5.75 Å². The van der Waals surface area contributed by atoms with Crippen LogP contribution >= 0.6 is 0 Å². The Morgan fingerprint density at radius 3 is 2.70 bits per heavy atom. The zero-order valence-electron chi connectivity index (χ0n) is 13.3. The number of methoxy groups -OCH3 is 1. The fourth-order valence-corrected chi connectivity index (χ4v) is 2.76. The number of nitrogens with one attached hydrogen (secondary N) is 1. The predicted octanol–water partition coefficient (Wildman–Crippen LogP) is 2.79. The standard InChI is InChI=1S/C17H28N2O/c1-17(2,3)15-12-14(6-7-16(15)20-4)13-19-10-5-8-18-9-11-19/h6-7,12,18H,5,8-11,13H2,1-4H3. The number of ether oxygens (including phenoxy) is 1. The molecule has 0 aromatic heterocycles. The molecule has 0 unspecified atom stereocenters. The third-order valence-corrected chi connectivity index (χ3v) is 3.91. The monoisotopic (exact) mass is 276 g/mol. The van der Waals surface area contributed by atoms with Gasteiger partial charge in [0, 0.05) is 19.6 Å². The molecule has 0 amide bonds. The van der Waals surface area contributed by atoms with E-state index in [4.69, 9.17) is 4.74 Å². The molecule has 1 aromatic rings. The van der Waals surface area contributed by atoms with Crippen molar-refractivity contribution in [3.05, 3.63) is 29.3 Å². The zero-order chi connectivity index (χ0) is 14.6. The summed E-state index contributed by atoms with van der Waals surface area (Å²) < 4.78 is 5.51. The van der Waals surface area contributed by atoms with Crippen molar-refractivity contribution in [2.75, 3.05) is 33.3 Å². The van der Waals surface area contributed by atoms with Gasteiger partial charge in [-0.1, -0.05) is 32.9 Å². The summed E-state index contributed by atoms with van der Waals surface area (Å²) in [5.74, 6) is 0.999. The van der Waals surface area contributed by atoms with Crippen LogP contribution in [-0.4, -0.2) is 38.2 Å². The lowest BCUT2D eigenvalue weighted by Gasteiger charge is -2.25. The van der Waals surface area contributed by atoms with Crippen molar-refractivity contribution in [2.24, 2.45) is 0 Å². The SMILES string of the molecule is COc1ccc(CN2CCCNCC2)cc1C(C)(C)C. The lowest BCUT2D eigenvalue weighted by Crippen LogP contribution is -2.27. The molecule has 1 aliphatic heterocycles. The fraction of sp³-hybridized carbons (Fsp3) is 0.647. The van der Waals surface area contributed by atoms with Crippen LogP contribution in [0.15, 0.2) is 18.2 Å². The number of hydrogen-bond donors (Lipinski definition) is 1. The summed E-state index contributed by atoms with van der Waals surface area (Å²) in [5, 5.41) is 3.46. The lowest BCUT2D eigenvalue weighted by molar-refractivity contribution is 0.284. The van der Waals surface area contributed by atoms with Crippen molar-refractivity contribution < 1.29 is 4.74 Å². The van der Waals surface area contributed by atoms with Crippen molar-refractivity contribution in [1.29, 1.82) is 0 Å². The van der Waals surface area contributed by atoms with Gasteiger partial charge in [0.15, 0.2) is 0 Å². The van der Waals surface area contributed by atoms with Crippen LogP contribution < -0.4 is 10.1 Å². The highest BCUT2D eigenvalue weighted by Crippen LogP contribution is 2.32. The molecule has 2 rings (SSSR count). The molecule has 0 spiro atoms. The summed E-state index contributed by atoms with van der Waals surface area (Å²) in [7, 11) is 1.75. The average Bonchev–Trinajstić information content (AvgIpc) is 2.66. The molecule has 1 fully saturated rings. The van der Waals surface area contributed by atoms with E-state index in [0.717, 1.165) is 31.9 Å². The third kappa shape index (κ3) is 3.97. The molecular weight excluding hydrogens is 248 g/mol. The number of benzene rings is 1. The normalized spacial score (nSPS) is 17.8. The van der Waals surface area contributed by atoms with Crippen LogP contribution in [0.2, 0.25) is 0 Å². The molecule has 1 aromatic carbocycles. The molecule has 1 saturated heterocycles. The number of nitrogens with zero attached hydrogens (tertiary/aromatic N) is 1. The van der Waals surface area contributed by atoms with Gasteiger partial charge in [-0.2, -0.15) is 0 Å². The van der Waals surface area contributed by atoms with Crippen molar-refractivity contribution in [2.45, 2.75) is 39.2 Å². The minimum absolute atomic E-state index is 0.113. The maximum Gasteiger partial charge on any atom is 0.122 e. The zero-order valence-corrected chi connectivity index (χ0v) is 13.3. The number of rotatable bonds is 3. The molecule has 112 valence electrons. The summed E-state index contributed by atoms with van der Waals surface area (Å²) >= 11 is 0. The smallest absolute Gasteiger partial charge is 0.122 e. The van der Waals surface area contributed by atoms with E-state index >= 15 is 0 Å². The molecule has 3 heteroatoms. The van der Waals surface area contributed by atoms with E-state index in [1.54, 1.807) is 7.11 Å². The minimum Gasteiger partial charge on any atom is -0.496 e. The first-order chi connectivity index (χ1) is 9.50. The molecule has 0 atom stereocenters. The molecule has 20 heavy (non-hydrogen) atoms. The Morgan fingerprint density at radius 2 is 2.00 bits per heavy atom. The Kier molecular flexibility index (Phi) is 5.06. The van der Waals surface area contributed by atoms with Gasteiger partial charge in [0.2, 0.25) is 0 Å². The predicted molar refractivity (Wildman–Crippen MR) is 84.5 cm³/mol. The van der Waals surface area contributed by atoms with Gasteiger partial charge in [0.25, 0.3) is 0 Å². The van der Waals surface area contributed by atoms with Crippen molar-refractivity contribution in [1.82, 2.24) is 10.2 Å². The van der Waals surface area contributed by atoms with E-state index in [2.05, 4.69) is 49.2 Å². The van der Waals surface area contributed by atoms with Crippen LogP contribution in [0.25, 0.3) is 0 Å². The molecule has 1 N–H and O–H groups in total. The highest BCUT2D eigenvalue weighted by atomic mass is 16.5. The minimum atomic E-state index is 0.113. The van der Waals surface area contributed by atoms with Gasteiger partial charge in [-0.05, 0) is 42.1 Å². The second kappa shape index (κ2) is 6.59. The average molecular weight is 276 g/mol. The first-order valence-electron chi connectivity index (χ1n) is 7.61. The second-order valence-corrected chi connectivity index (χ2v) is 6.66. The highest BCUT2D eigenvalue weighted by Gasteiger charge is 2.19. The Hall–Kier alpha value is -1.06. The van der Waals surface area contributed by atoms with Crippen LogP contribution in [0.1, 0.15) is 38.3 Å². The maximum atomic E-state index is 5.51. The van der Waals surface area contributed by atoms with E-state index in [9.17, 15) is 0 Å². The fourth-order valence-electron chi connectivity index (χ4n) is 2.76. The van der Waals surface area contributed by atoms with Crippen LogP contribution in [0, 0.1) is 0 Å². The largest absolute Gasteiger partial charge is 0.496 e. The lowest BCUT2D eigenvalue weighted by atomic mass is 9.85. The second-order valence-electron chi connectivity index (χ2n) is 6.66. The summed E-state index contributed by atoms with van der Waals surface area (Å²) in [6.07, 6.45) is 1.24. The Balaban J connectivity index is 2.16. The van der Waals surface area contributed by atoms with E-state index < -0.39 is 0 Å². The third-order valence-electron chi connectivity index (χ3n) is 3.91. The Morgan fingerprint density at radius 1 is 1.20 bits per heavy atom. The summed E-state index contributed by atoms with van der Waals surface area (Å²) in [6, 6.07) is 6.63. The van der Waals surface area contributed by atoms with Crippen LogP contribution in [-0.2, 0) is 12.0 Å². The van der Waals surface area contributed by atoms with Gasteiger partial charge >= 0.3 is 0 Å². The van der Waals surface area contributed by atoms with Gasteiger partial charge in [-0.3, -0.25) is 4.90 Å². The van der Waals surface area contributed by atoms with E-state index in [0.29, 0.717) is 0 Å². The molecule has 1 heterocycles. The maximum absolute atomic E-state index is 5.51. The van der Waals surface area contributed by atoms with Crippen molar-refractivity contribution >= 4 is 0 Å². The van der Waals surface area contributed by atoms with Crippen LogP contribution in [0.3, 0.4) is 0 Å². The molecule has 0 aliphatic carbocycles. The quantitative estimate of drug-likeness (QED) is 0.919.